The molecule has 0 bridgehead atoms. The summed E-state index contributed by atoms with van der Waals surface area (Å²) in [6.45, 7) is 5.70. The lowest BCUT2D eigenvalue weighted by atomic mass is 9.58. The van der Waals surface area contributed by atoms with E-state index in [0.29, 0.717) is 5.57 Å². The molecule has 1 N–H and O–H groups in total. The van der Waals surface area contributed by atoms with Gasteiger partial charge in [0.05, 0.1) is 12.0 Å². The molecule has 0 aromatic carbocycles. The van der Waals surface area contributed by atoms with Crippen LogP contribution in [0.4, 0.5) is 0 Å². The fourth-order valence-electron chi connectivity index (χ4n) is 4.05. The molecule has 4 heteroatoms. The number of ketones is 1. The number of rotatable bonds is 0. The number of hydrogen-bond acceptors (Lipinski definition) is 4. The highest BCUT2D eigenvalue weighted by atomic mass is 16.6. The molecular formula is C15H20O4. The highest BCUT2D eigenvalue weighted by Gasteiger charge is 2.56. The summed E-state index contributed by atoms with van der Waals surface area (Å²) in [5.41, 5.74) is 1.17. The molecule has 0 aromatic heterocycles. The Kier molecular flexibility index (Phi) is 2.65. The number of allylic oxidation sites excluding steroid dienone is 1. The Hall–Kier alpha value is -1.16. The summed E-state index contributed by atoms with van der Waals surface area (Å²) < 4.78 is 5.52. The summed E-state index contributed by atoms with van der Waals surface area (Å²) in [5.74, 6) is -0.143. The number of Topliss-reactive ketones (excluding diaryl/α,β-unsaturated/α-hetero) is 1. The molecule has 4 nitrogen and oxygen atoms in total. The van der Waals surface area contributed by atoms with Crippen molar-refractivity contribution < 1.29 is 19.4 Å². The SMILES string of the molecule is CC1=C2[C@H]3OC(=O)[C@@H](C)[C@@H]3CC[C@@]2(C)[C@H](O)CC1=O. The van der Waals surface area contributed by atoms with Gasteiger partial charge in [-0.05, 0) is 30.9 Å². The van der Waals surface area contributed by atoms with Gasteiger partial charge in [0.1, 0.15) is 6.10 Å². The van der Waals surface area contributed by atoms with E-state index in [0.717, 1.165) is 18.4 Å². The van der Waals surface area contributed by atoms with Crippen LogP contribution in [0.3, 0.4) is 0 Å². The van der Waals surface area contributed by atoms with Crippen molar-refractivity contribution in [3.8, 4) is 0 Å². The lowest BCUT2D eigenvalue weighted by molar-refractivity contribution is -0.144. The molecule has 3 aliphatic rings. The summed E-state index contributed by atoms with van der Waals surface area (Å²) in [7, 11) is 0. The molecule has 3 rings (SSSR count). The van der Waals surface area contributed by atoms with E-state index < -0.39 is 11.5 Å². The van der Waals surface area contributed by atoms with E-state index in [-0.39, 0.29) is 36.1 Å². The number of hydrogen-bond donors (Lipinski definition) is 1. The standard InChI is InChI=1S/C15H20O4/c1-7-9-4-5-15(3)11(17)6-10(16)8(2)12(15)13(9)19-14(7)18/h7,9,11,13,17H,4-6H2,1-3H3/t7-,9-,11+,13-,15-/m0/s1. The largest absolute Gasteiger partial charge is 0.457 e. The summed E-state index contributed by atoms with van der Waals surface area (Å²) in [6, 6.07) is 0. The topological polar surface area (TPSA) is 63.6 Å². The van der Waals surface area contributed by atoms with Gasteiger partial charge in [-0.1, -0.05) is 13.8 Å². The first-order chi connectivity index (χ1) is 8.86. The van der Waals surface area contributed by atoms with Gasteiger partial charge in [-0.3, -0.25) is 9.59 Å². The summed E-state index contributed by atoms with van der Waals surface area (Å²) in [5, 5.41) is 10.3. The van der Waals surface area contributed by atoms with Gasteiger partial charge in [0.15, 0.2) is 5.78 Å². The first-order valence-corrected chi connectivity index (χ1v) is 6.99. The van der Waals surface area contributed by atoms with Crippen LogP contribution in [0.25, 0.3) is 0 Å². The van der Waals surface area contributed by atoms with E-state index in [1.54, 1.807) is 6.92 Å². The van der Waals surface area contributed by atoms with Gasteiger partial charge in [0.25, 0.3) is 0 Å². The van der Waals surface area contributed by atoms with E-state index in [9.17, 15) is 14.7 Å². The fourth-order valence-corrected chi connectivity index (χ4v) is 4.05. The first kappa shape index (κ1) is 12.9. The van der Waals surface area contributed by atoms with Crippen LogP contribution in [-0.4, -0.2) is 29.1 Å². The van der Waals surface area contributed by atoms with Crippen molar-refractivity contribution in [1.82, 2.24) is 0 Å². The minimum Gasteiger partial charge on any atom is -0.457 e. The molecule has 0 aromatic rings. The van der Waals surface area contributed by atoms with Gasteiger partial charge in [0, 0.05) is 17.8 Å². The monoisotopic (exact) mass is 264 g/mol. The van der Waals surface area contributed by atoms with Crippen LogP contribution in [0, 0.1) is 17.3 Å². The third-order valence-corrected chi connectivity index (χ3v) is 5.48. The van der Waals surface area contributed by atoms with Crippen molar-refractivity contribution in [2.75, 3.05) is 0 Å². The molecular weight excluding hydrogens is 244 g/mol. The molecule has 2 aliphatic carbocycles. The van der Waals surface area contributed by atoms with E-state index in [1.807, 2.05) is 13.8 Å². The predicted octanol–water partition coefficient (Wildman–Crippen LogP) is 1.61. The Bertz CT molecular complexity index is 492. The molecule has 0 unspecified atom stereocenters. The molecule has 0 radical (unpaired) electrons. The maximum atomic E-state index is 12.0. The zero-order chi connectivity index (χ0) is 13.9. The first-order valence-electron chi connectivity index (χ1n) is 6.99. The van der Waals surface area contributed by atoms with Crippen LogP contribution in [0.1, 0.15) is 40.0 Å². The van der Waals surface area contributed by atoms with Crippen molar-refractivity contribution in [1.29, 1.82) is 0 Å². The van der Waals surface area contributed by atoms with E-state index in [4.69, 9.17) is 4.74 Å². The number of ether oxygens (including phenoxy) is 1. The quantitative estimate of drug-likeness (QED) is 0.675. The molecule has 1 saturated carbocycles. The summed E-state index contributed by atoms with van der Waals surface area (Å²) in [6.07, 6.45) is 0.911. The number of fused-ring (bicyclic) bond motifs is 3. The van der Waals surface area contributed by atoms with Crippen molar-refractivity contribution in [2.24, 2.45) is 17.3 Å². The zero-order valence-corrected chi connectivity index (χ0v) is 11.6. The second-order valence-corrected chi connectivity index (χ2v) is 6.45. The third-order valence-electron chi connectivity index (χ3n) is 5.48. The average Bonchev–Trinajstić information content (AvgIpc) is 2.63. The van der Waals surface area contributed by atoms with Gasteiger partial charge in [-0.25, -0.2) is 0 Å². The smallest absolute Gasteiger partial charge is 0.309 e. The number of aliphatic hydroxyl groups is 1. The lowest BCUT2D eigenvalue weighted by Gasteiger charge is -2.48. The van der Waals surface area contributed by atoms with Crippen LogP contribution >= 0.6 is 0 Å². The Morgan fingerprint density at radius 3 is 2.74 bits per heavy atom. The van der Waals surface area contributed by atoms with Gasteiger partial charge in [0.2, 0.25) is 0 Å². The normalized spacial score (nSPS) is 45.9. The average molecular weight is 264 g/mol. The molecule has 0 amide bonds. The third kappa shape index (κ3) is 1.55. The summed E-state index contributed by atoms with van der Waals surface area (Å²) >= 11 is 0. The van der Waals surface area contributed by atoms with E-state index in [2.05, 4.69) is 0 Å². The molecule has 1 heterocycles. The van der Waals surface area contributed by atoms with Crippen molar-refractivity contribution in [3.63, 3.8) is 0 Å². The Morgan fingerprint density at radius 2 is 2.05 bits per heavy atom. The molecule has 5 atom stereocenters. The van der Waals surface area contributed by atoms with Gasteiger partial charge >= 0.3 is 5.97 Å². The minimum absolute atomic E-state index is 0.0174. The van der Waals surface area contributed by atoms with Crippen molar-refractivity contribution >= 4 is 11.8 Å². The second-order valence-electron chi connectivity index (χ2n) is 6.45. The molecule has 1 saturated heterocycles. The Morgan fingerprint density at radius 1 is 1.37 bits per heavy atom. The fraction of sp³-hybridized carbons (Fsp3) is 0.733. The highest BCUT2D eigenvalue weighted by Crippen LogP contribution is 2.54. The Balaban J connectivity index is 2.11. The number of aliphatic hydroxyl groups excluding tert-OH is 1. The summed E-state index contributed by atoms with van der Waals surface area (Å²) in [4.78, 5) is 23.8. The van der Waals surface area contributed by atoms with Crippen LogP contribution in [-0.2, 0) is 14.3 Å². The Labute approximate surface area is 112 Å². The maximum Gasteiger partial charge on any atom is 0.309 e. The number of esters is 1. The van der Waals surface area contributed by atoms with Crippen LogP contribution < -0.4 is 0 Å². The van der Waals surface area contributed by atoms with E-state index >= 15 is 0 Å². The minimum atomic E-state index is -0.658. The predicted molar refractivity (Wildman–Crippen MR) is 68.2 cm³/mol. The lowest BCUT2D eigenvalue weighted by Crippen LogP contribution is -2.49. The molecule has 0 spiro atoms. The van der Waals surface area contributed by atoms with Gasteiger partial charge in [-0.15, -0.1) is 0 Å². The van der Waals surface area contributed by atoms with Gasteiger partial charge in [-0.2, -0.15) is 0 Å². The van der Waals surface area contributed by atoms with Crippen molar-refractivity contribution in [3.05, 3.63) is 11.1 Å². The van der Waals surface area contributed by atoms with Gasteiger partial charge < -0.3 is 9.84 Å². The number of carbonyl (C=O) groups excluding carboxylic acids is 2. The van der Waals surface area contributed by atoms with Crippen LogP contribution in [0.5, 0.6) is 0 Å². The maximum absolute atomic E-state index is 12.0. The molecule has 1 aliphatic heterocycles. The molecule has 104 valence electrons. The molecule has 19 heavy (non-hydrogen) atoms. The molecule has 2 fully saturated rings. The number of carbonyl (C=O) groups is 2. The zero-order valence-electron chi connectivity index (χ0n) is 11.6. The highest BCUT2D eigenvalue weighted by molar-refractivity contribution is 5.97. The second kappa shape index (κ2) is 3.92. The van der Waals surface area contributed by atoms with Crippen LogP contribution in [0.15, 0.2) is 11.1 Å². The van der Waals surface area contributed by atoms with Crippen LogP contribution in [0.2, 0.25) is 0 Å². The van der Waals surface area contributed by atoms with E-state index in [1.165, 1.54) is 0 Å². The van der Waals surface area contributed by atoms with Crippen molar-refractivity contribution in [2.45, 2.75) is 52.2 Å².